The minimum Gasteiger partial charge on any atom is -0.396 e. The highest BCUT2D eigenvalue weighted by atomic mass is 16.7. The summed E-state index contributed by atoms with van der Waals surface area (Å²) in [5, 5.41) is 18.3. The summed E-state index contributed by atoms with van der Waals surface area (Å²) >= 11 is 0. The lowest BCUT2D eigenvalue weighted by molar-refractivity contribution is -0.208. The van der Waals surface area contributed by atoms with Crippen LogP contribution in [0.2, 0.25) is 0 Å². The van der Waals surface area contributed by atoms with Gasteiger partial charge in [0.2, 0.25) is 0 Å². The highest BCUT2D eigenvalue weighted by Crippen LogP contribution is 2.19. The zero-order valence-electron chi connectivity index (χ0n) is 9.39. The Balaban J connectivity index is 2.36. The minimum atomic E-state index is -0.303. The number of rotatable bonds is 6. The Morgan fingerprint density at radius 2 is 2.13 bits per heavy atom. The molecule has 0 aromatic carbocycles. The van der Waals surface area contributed by atoms with Gasteiger partial charge in [0.15, 0.2) is 6.29 Å². The van der Waals surface area contributed by atoms with E-state index in [4.69, 9.17) is 14.6 Å². The van der Waals surface area contributed by atoms with Crippen LogP contribution in [-0.4, -0.2) is 42.4 Å². The summed E-state index contributed by atoms with van der Waals surface area (Å²) in [5.41, 5.74) is 0. The molecule has 0 amide bonds. The van der Waals surface area contributed by atoms with Crippen molar-refractivity contribution in [2.24, 2.45) is 5.92 Å². The summed E-state index contributed by atoms with van der Waals surface area (Å²) in [6.07, 6.45) is 3.38. The molecule has 90 valence electrons. The third kappa shape index (κ3) is 4.07. The van der Waals surface area contributed by atoms with Crippen molar-refractivity contribution in [3.63, 3.8) is 0 Å². The summed E-state index contributed by atoms with van der Waals surface area (Å²) in [7, 11) is 0. The molecule has 1 unspecified atom stereocenters. The lowest BCUT2D eigenvalue weighted by atomic mass is 10.0. The first-order valence-corrected chi connectivity index (χ1v) is 5.80. The first-order chi connectivity index (χ1) is 7.31. The van der Waals surface area contributed by atoms with Crippen LogP contribution in [0.5, 0.6) is 0 Å². The summed E-state index contributed by atoms with van der Waals surface area (Å²) < 4.78 is 11.1. The smallest absolute Gasteiger partial charge is 0.158 e. The van der Waals surface area contributed by atoms with Crippen LogP contribution in [0.3, 0.4) is 0 Å². The highest BCUT2D eigenvalue weighted by Gasteiger charge is 2.24. The molecule has 1 fully saturated rings. The minimum absolute atomic E-state index is 0.000488. The summed E-state index contributed by atoms with van der Waals surface area (Å²) in [6, 6.07) is 0. The van der Waals surface area contributed by atoms with Crippen molar-refractivity contribution in [3.05, 3.63) is 0 Å². The standard InChI is InChI=1S/C11H22O4/c1-2-9(7-12)10(8-13)15-11-5-3-4-6-14-11/h9-13H,2-8H2,1H3/t9-,10+,11?/m0/s1. The molecule has 1 heterocycles. The molecule has 15 heavy (non-hydrogen) atoms. The van der Waals surface area contributed by atoms with Crippen LogP contribution in [0.25, 0.3) is 0 Å². The Labute approximate surface area is 91.2 Å². The third-order valence-electron chi connectivity index (χ3n) is 2.93. The second-order valence-electron chi connectivity index (χ2n) is 4.00. The van der Waals surface area contributed by atoms with Gasteiger partial charge in [-0.3, -0.25) is 0 Å². The van der Waals surface area contributed by atoms with Gasteiger partial charge in [0.1, 0.15) is 0 Å². The van der Waals surface area contributed by atoms with E-state index < -0.39 is 0 Å². The predicted octanol–water partition coefficient (Wildman–Crippen LogP) is 0.909. The molecule has 1 saturated heterocycles. The zero-order chi connectivity index (χ0) is 11.1. The second kappa shape index (κ2) is 7.17. The molecule has 2 N–H and O–H groups in total. The first-order valence-electron chi connectivity index (χ1n) is 5.80. The largest absolute Gasteiger partial charge is 0.396 e. The maximum atomic E-state index is 9.20. The summed E-state index contributed by atoms with van der Waals surface area (Å²) in [6.45, 7) is 2.71. The van der Waals surface area contributed by atoms with E-state index in [1.807, 2.05) is 6.92 Å². The van der Waals surface area contributed by atoms with E-state index >= 15 is 0 Å². The van der Waals surface area contributed by atoms with Crippen molar-refractivity contribution in [3.8, 4) is 0 Å². The fourth-order valence-electron chi connectivity index (χ4n) is 1.83. The lowest BCUT2D eigenvalue weighted by Crippen LogP contribution is -2.36. The molecule has 0 bridgehead atoms. The Morgan fingerprint density at radius 3 is 2.60 bits per heavy atom. The number of ether oxygens (including phenoxy) is 2. The predicted molar refractivity (Wildman–Crippen MR) is 56.4 cm³/mol. The number of aliphatic hydroxyl groups excluding tert-OH is 2. The van der Waals surface area contributed by atoms with Gasteiger partial charge in [-0.2, -0.15) is 0 Å². The molecule has 0 aromatic heterocycles. The van der Waals surface area contributed by atoms with Crippen LogP contribution in [0.1, 0.15) is 32.6 Å². The van der Waals surface area contributed by atoms with Crippen LogP contribution in [-0.2, 0) is 9.47 Å². The summed E-state index contributed by atoms with van der Waals surface area (Å²) in [5.74, 6) is 0.000488. The SMILES string of the molecule is CC[C@@H](CO)[C@@H](CO)OC1CCCCO1. The van der Waals surface area contributed by atoms with Gasteiger partial charge >= 0.3 is 0 Å². The fraction of sp³-hybridized carbons (Fsp3) is 1.00. The van der Waals surface area contributed by atoms with Gasteiger partial charge in [0, 0.05) is 19.1 Å². The lowest BCUT2D eigenvalue weighted by Gasteiger charge is -2.30. The van der Waals surface area contributed by atoms with Crippen molar-refractivity contribution >= 4 is 0 Å². The van der Waals surface area contributed by atoms with Gasteiger partial charge in [-0.1, -0.05) is 6.92 Å². The van der Waals surface area contributed by atoms with E-state index in [1.165, 1.54) is 0 Å². The second-order valence-corrected chi connectivity index (χ2v) is 4.00. The van der Waals surface area contributed by atoms with Crippen LogP contribution in [0.4, 0.5) is 0 Å². The third-order valence-corrected chi connectivity index (χ3v) is 2.93. The monoisotopic (exact) mass is 218 g/mol. The van der Waals surface area contributed by atoms with Gasteiger partial charge in [0.25, 0.3) is 0 Å². The van der Waals surface area contributed by atoms with Crippen LogP contribution in [0.15, 0.2) is 0 Å². The van der Waals surface area contributed by atoms with Gasteiger partial charge in [-0.25, -0.2) is 0 Å². The Bertz CT molecular complexity index is 153. The number of hydrogen-bond acceptors (Lipinski definition) is 4. The van der Waals surface area contributed by atoms with Crippen molar-refractivity contribution in [2.45, 2.75) is 45.0 Å². The van der Waals surface area contributed by atoms with Crippen LogP contribution < -0.4 is 0 Å². The van der Waals surface area contributed by atoms with Crippen molar-refractivity contribution in [1.82, 2.24) is 0 Å². The highest BCUT2D eigenvalue weighted by molar-refractivity contribution is 4.69. The Kier molecular flexibility index (Phi) is 6.17. The quantitative estimate of drug-likeness (QED) is 0.695. The van der Waals surface area contributed by atoms with Crippen LogP contribution in [0, 0.1) is 5.92 Å². The molecule has 0 saturated carbocycles. The first kappa shape index (κ1) is 12.9. The summed E-state index contributed by atoms with van der Waals surface area (Å²) in [4.78, 5) is 0. The van der Waals surface area contributed by atoms with Gasteiger partial charge in [0.05, 0.1) is 12.7 Å². The van der Waals surface area contributed by atoms with Gasteiger partial charge in [-0.15, -0.1) is 0 Å². The van der Waals surface area contributed by atoms with E-state index in [0.29, 0.717) is 0 Å². The topological polar surface area (TPSA) is 58.9 Å². The van der Waals surface area contributed by atoms with E-state index in [9.17, 15) is 5.11 Å². The fourth-order valence-corrected chi connectivity index (χ4v) is 1.83. The molecule has 0 spiro atoms. The van der Waals surface area contributed by atoms with Crippen LogP contribution >= 0.6 is 0 Å². The molecule has 4 nitrogen and oxygen atoms in total. The Morgan fingerprint density at radius 1 is 1.33 bits per heavy atom. The van der Waals surface area contributed by atoms with E-state index in [0.717, 1.165) is 32.3 Å². The Hall–Kier alpha value is -0.160. The molecule has 1 aliphatic heterocycles. The molecular formula is C11H22O4. The van der Waals surface area contributed by atoms with Crippen molar-refractivity contribution in [1.29, 1.82) is 0 Å². The molecule has 0 aromatic rings. The number of hydrogen-bond donors (Lipinski definition) is 2. The molecule has 4 heteroatoms. The van der Waals surface area contributed by atoms with E-state index in [-0.39, 0.29) is 31.5 Å². The number of aliphatic hydroxyl groups is 2. The van der Waals surface area contributed by atoms with Gasteiger partial charge in [-0.05, 0) is 25.7 Å². The normalized spacial score (nSPS) is 26.2. The maximum absolute atomic E-state index is 9.20. The maximum Gasteiger partial charge on any atom is 0.158 e. The van der Waals surface area contributed by atoms with Crippen molar-refractivity contribution < 1.29 is 19.7 Å². The molecule has 1 aliphatic rings. The molecule has 0 radical (unpaired) electrons. The van der Waals surface area contributed by atoms with E-state index in [2.05, 4.69) is 0 Å². The zero-order valence-corrected chi connectivity index (χ0v) is 9.39. The van der Waals surface area contributed by atoms with Gasteiger partial charge < -0.3 is 19.7 Å². The van der Waals surface area contributed by atoms with Crippen molar-refractivity contribution in [2.75, 3.05) is 19.8 Å². The van der Waals surface area contributed by atoms with E-state index in [1.54, 1.807) is 0 Å². The molecule has 0 aliphatic carbocycles. The average molecular weight is 218 g/mol. The molecular weight excluding hydrogens is 196 g/mol. The average Bonchev–Trinajstić information content (AvgIpc) is 2.30. The molecule has 1 rings (SSSR count). The molecule has 3 atom stereocenters.